The van der Waals surface area contributed by atoms with E-state index in [1.54, 1.807) is 0 Å². The Kier molecular flexibility index (Phi) is 6.64. The third-order valence-electron chi connectivity index (χ3n) is 2.07. The van der Waals surface area contributed by atoms with E-state index in [0.29, 0.717) is 19.8 Å². The molecule has 0 bridgehead atoms. The number of ether oxygens (including phenoxy) is 1. The predicted molar refractivity (Wildman–Crippen MR) is 63.1 cm³/mol. The van der Waals surface area contributed by atoms with E-state index in [2.05, 4.69) is 21.2 Å². The lowest BCUT2D eigenvalue weighted by atomic mass is 10.1. The van der Waals surface area contributed by atoms with E-state index in [0.717, 1.165) is 23.3 Å². The van der Waals surface area contributed by atoms with Gasteiger partial charge in [-0.1, -0.05) is 15.9 Å². The van der Waals surface area contributed by atoms with Crippen molar-refractivity contribution >= 4 is 33.6 Å². The van der Waals surface area contributed by atoms with Gasteiger partial charge in [0.25, 0.3) is 0 Å². The average molecular weight is 282 g/mol. The number of alkyl halides is 1. The Labute approximate surface area is 97.5 Å². The number of carbonyl (C=O) groups is 1. The van der Waals surface area contributed by atoms with Gasteiger partial charge in [-0.3, -0.25) is 4.79 Å². The molecule has 5 heteroatoms. The second kappa shape index (κ2) is 7.54. The van der Waals surface area contributed by atoms with E-state index in [9.17, 15) is 4.79 Å². The number of halogens is 1. The first kappa shape index (κ1) is 12.3. The summed E-state index contributed by atoms with van der Waals surface area (Å²) >= 11 is 5.13. The highest BCUT2D eigenvalue weighted by Crippen LogP contribution is 2.23. The van der Waals surface area contributed by atoms with Crippen LogP contribution in [0.25, 0.3) is 0 Å². The highest BCUT2D eigenvalue weighted by molar-refractivity contribution is 9.09. The molecule has 1 rings (SSSR count). The molecule has 0 aromatic heterocycles. The molecular formula is C9H16BrNO2S. The number of hydrogen-bond donors (Lipinski definition) is 1. The van der Waals surface area contributed by atoms with Crippen molar-refractivity contribution < 1.29 is 9.53 Å². The molecule has 1 heterocycles. The highest BCUT2D eigenvalue weighted by Gasteiger charge is 2.22. The van der Waals surface area contributed by atoms with Crippen LogP contribution in [0.1, 0.15) is 6.42 Å². The topological polar surface area (TPSA) is 38.3 Å². The Morgan fingerprint density at radius 3 is 3.07 bits per heavy atom. The average Bonchev–Trinajstić information content (AvgIpc) is 2.70. The van der Waals surface area contributed by atoms with Gasteiger partial charge in [-0.25, -0.2) is 0 Å². The molecule has 14 heavy (non-hydrogen) atoms. The lowest BCUT2D eigenvalue weighted by Crippen LogP contribution is -2.33. The largest absolute Gasteiger partial charge is 0.379 e. The Balaban J connectivity index is 1.97. The first-order chi connectivity index (χ1) is 6.84. The minimum atomic E-state index is 0.192. The van der Waals surface area contributed by atoms with Crippen molar-refractivity contribution in [1.29, 1.82) is 0 Å². The molecule has 82 valence electrons. The zero-order valence-corrected chi connectivity index (χ0v) is 10.5. The molecule has 0 saturated carbocycles. The molecule has 0 aromatic carbocycles. The molecule has 1 N–H and O–H groups in total. The standard InChI is InChI=1S/C9H16BrNO2S/c10-2-4-13-5-3-11-9(12)8-1-6-14-7-8/h8H,1-7H2,(H,11,12). The first-order valence-corrected chi connectivity index (χ1v) is 7.11. The predicted octanol–water partition coefficient (Wildman–Crippen LogP) is 1.27. The monoisotopic (exact) mass is 281 g/mol. The molecule has 3 nitrogen and oxygen atoms in total. The molecule has 0 aliphatic carbocycles. The van der Waals surface area contributed by atoms with E-state index in [1.165, 1.54) is 0 Å². The Bertz CT molecular complexity index is 174. The summed E-state index contributed by atoms with van der Waals surface area (Å²) in [6.45, 7) is 1.94. The van der Waals surface area contributed by atoms with Crippen LogP contribution in [0, 0.1) is 5.92 Å². The van der Waals surface area contributed by atoms with Crippen LogP contribution in [0.4, 0.5) is 0 Å². The number of rotatable bonds is 6. The van der Waals surface area contributed by atoms with Crippen LogP contribution < -0.4 is 5.32 Å². The lowest BCUT2D eigenvalue weighted by Gasteiger charge is -2.09. The fourth-order valence-corrected chi connectivity index (χ4v) is 2.74. The Morgan fingerprint density at radius 2 is 2.43 bits per heavy atom. The van der Waals surface area contributed by atoms with E-state index in [1.807, 2.05) is 11.8 Å². The molecule has 1 amide bonds. The van der Waals surface area contributed by atoms with Gasteiger partial charge in [0, 0.05) is 23.5 Å². The summed E-state index contributed by atoms with van der Waals surface area (Å²) in [7, 11) is 0. The molecular weight excluding hydrogens is 266 g/mol. The Hall–Kier alpha value is 0.260. The van der Waals surface area contributed by atoms with Crippen LogP contribution in [0.5, 0.6) is 0 Å². The van der Waals surface area contributed by atoms with Crippen LogP contribution in [-0.2, 0) is 9.53 Å². The maximum absolute atomic E-state index is 11.5. The van der Waals surface area contributed by atoms with Crippen molar-refractivity contribution in [2.24, 2.45) is 5.92 Å². The molecule has 0 aromatic rings. The van der Waals surface area contributed by atoms with Gasteiger partial charge in [-0.15, -0.1) is 0 Å². The smallest absolute Gasteiger partial charge is 0.224 e. The summed E-state index contributed by atoms with van der Waals surface area (Å²) in [4.78, 5) is 11.5. The number of thioether (sulfide) groups is 1. The van der Waals surface area contributed by atoms with E-state index >= 15 is 0 Å². The van der Waals surface area contributed by atoms with Crippen molar-refractivity contribution in [2.75, 3.05) is 36.6 Å². The molecule has 0 radical (unpaired) electrons. The molecule has 1 fully saturated rings. The molecule has 1 saturated heterocycles. The summed E-state index contributed by atoms with van der Waals surface area (Å²) in [6.07, 6.45) is 1.03. The van der Waals surface area contributed by atoms with Crippen LogP contribution in [0.3, 0.4) is 0 Å². The minimum absolute atomic E-state index is 0.192. The zero-order chi connectivity index (χ0) is 10.2. The van der Waals surface area contributed by atoms with Gasteiger partial charge < -0.3 is 10.1 Å². The van der Waals surface area contributed by atoms with Crippen molar-refractivity contribution in [2.45, 2.75) is 6.42 Å². The van der Waals surface area contributed by atoms with Gasteiger partial charge in [-0.05, 0) is 12.2 Å². The summed E-state index contributed by atoms with van der Waals surface area (Å²) in [5.41, 5.74) is 0. The van der Waals surface area contributed by atoms with Crippen LogP contribution >= 0.6 is 27.7 Å². The Morgan fingerprint density at radius 1 is 1.57 bits per heavy atom. The van der Waals surface area contributed by atoms with Gasteiger partial charge in [0.2, 0.25) is 5.91 Å². The number of amides is 1. The summed E-state index contributed by atoms with van der Waals surface area (Å²) in [5, 5.41) is 3.74. The molecule has 0 spiro atoms. The SMILES string of the molecule is O=C(NCCOCCBr)C1CCSC1. The van der Waals surface area contributed by atoms with Gasteiger partial charge >= 0.3 is 0 Å². The summed E-state index contributed by atoms with van der Waals surface area (Å²) in [6, 6.07) is 0. The second-order valence-electron chi connectivity index (χ2n) is 3.15. The molecule has 1 aliphatic heterocycles. The van der Waals surface area contributed by atoms with E-state index < -0.39 is 0 Å². The number of carbonyl (C=O) groups excluding carboxylic acids is 1. The van der Waals surface area contributed by atoms with Crippen molar-refractivity contribution in [3.8, 4) is 0 Å². The normalized spacial score (nSPS) is 21.1. The van der Waals surface area contributed by atoms with E-state index in [4.69, 9.17) is 4.74 Å². The second-order valence-corrected chi connectivity index (χ2v) is 5.10. The maximum Gasteiger partial charge on any atom is 0.224 e. The highest BCUT2D eigenvalue weighted by atomic mass is 79.9. The number of nitrogens with one attached hydrogen (secondary N) is 1. The fraction of sp³-hybridized carbons (Fsp3) is 0.889. The van der Waals surface area contributed by atoms with Gasteiger partial charge in [0.05, 0.1) is 13.2 Å². The van der Waals surface area contributed by atoms with Gasteiger partial charge in [0.1, 0.15) is 0 Å². The molecule has 1 unspecified atom stereocenters. The first-order valence-electron chi connectivity index (χ1n) is 4.83. The van der Waals surface area contributed by atoms with Crippen LogP contribution in [-0.4, -0.2) is 42.5 Å². The maximum atomic E-state index is 11.5. The summed E-state index contributed by atoms with van der Waals surface area (Å²) < 4.78 is 5.23. The van der Waals surface area contributed by atoms with Crippen molar-refractivity contribution in [1.82, 2.24) is 5.32 Å². The quantitative estimate of drug-likeness (QED) is 0.589. The third kappa shape index (κ3) is 4.66. The van der Waals surface area contributed by atoms with Gasteiger partial charge in [-0.2, -0.15) is 11.8 Å². The van der Waals surface area contributed by atoms with Crippen LogP contribution in [0.2, 0.25) is 0 Å². The van der Waals surface area contributed by atoms with Crippen molar-refractivity contribution in [3.05, 3.63) is 0 Å². The summed E-state index contributed by atoms with van der Waals surface area (Å²) in [5.74, 6) is 2.53. The molecule has 1 atom stereocenters. The fourth-order valence-electron chi connectivity index (χ4n) is 1.29. The van der Waals surface area contributed by atoms with Crippen LogP contribution in [0.15, 0.2) is 0 Å². The third-order valence-corrected chi connectivity index (χ3v) is 3.55. The molecule has 1 aliphatic rings. The zero-order valence-electron chi connectivity index (χ0n) is 8.13. The number of hydrogen-bond acceptors (Lipinski definition) is 3. The van der Waals surface area contributed by atoms with Crippen molar-refractivity contribution in [3.63, 3.8) is 0 Å². The lowest BCUT2D eigenvalue weighted by molar-refractivity contribution is -0.124. The minimum Gasteiger partial charge on any atom is -0.379 e. The van der Waals surface area contributed by atoms with E-state index in [-0.39, 0.29) is 11.8 Å². The van der Waals surface area contributed by atoms with Gasteiger partial charge in [0.15, 0.2) is 0 Å².